The molecule has 2 unspecified atom stereocenters. The number of aromatic nitrogens is 3. The van der Waals surface area contributed by atoms with Crippen LogP contribution >= 0.6 is 0 Å². The summed E-state index contributed by atoms with van der Waals surface area (Å²) < 4.78 is 79.4. The molecule has 37 heavy (non-hydrogen) atoms. The zero-order valence-electron chi connectivity index (χ0n) is 19.3. The molecule has 0 saturated carbocycles. The fraction of sp³-hybridized carbons (Fsp3) is 0.333. The maximum Gasteiger partial charge on any atom is 0.433 e. The first-order valence-corrected chi connectivity index (χ1v) is 12.4. The van der Waals surface area contributed by atoms with Crippen LogP contribution < -0.4 is 5.32 Å². The van der Waals surface area contributed by atoms with Crippen molar-refractivity contribution >= 4 is 16.9 Å². The Balaban J connectivity index is 1.46. The van der Waals surface area contributed by atoms with Gasteiger partial charge in [0.1, 0.15) is 34.9 Å². The van der Waals surface area contributed by atoms with Crippen molar-refractivity contribution in [1.82, 2.24) is 24.6 Å². The summed E-state index contributed by atoms with van der Waals surface area (Å²) in [5.74, 6) is -0.929. The Morgan fingerprint density at radius 1 is 1.08 bits per heavy atom. The average Bonchev–Trinajstić information content (AvgIpc) is 3.31. The maximum atomic E-state index is 13.3. The summed E-state index contributed by atoms with van der Waals surface area (Å²) in [6.45, 7) is -0.664. The summed E-state index contributed by atoms with van der Waals surface area (Å²) in [5, 5.41) is 2.73. The van der Waals surface area contributed by atoms with Gasteiger partial charge in [0.15, 0.2) is 0 Å². The lowest BCUT2D eigenvalue weighted by molar-refractivity contribution is -0.141. The monoisotopic (exact) mass is 539 g/mol. The van der Waals surface area contributed by atoms with E-state index in [1.165, 1.54) is 47.0 Å². The summed E-state index contributed by atoms with van der Waals surface area (Å²) in [5.41, 5.74) is 0.0304. The standard InChI is InChI=1S/C24H22F5N5O2S/c25-10-9-18-4-7-21(34(18)37(36)19-5-2-16(26)3-6-19)23(35)31-13-17-11-20(33-14-32-17)15-1-8-22(30-12-15)24(27,28)29/h1-3,5-6,8,11-12,14,18,21H,4,7,9-10,13H2,(H,31,35)/t18-,21?,37?/m0/s1. The minimum atomic E-state index is -4.56. The molecule has 3 aromatic rings. The molecule has 196 valence electrons. The molecular weight excluding hydrogens is 517 g/mol. The van der Waals surface area contributed by atoms with Gasteiger partial charge in [0, 0.05) is 17.8 Å². The van der Waals surface area contributed by atoms with Gasteiger partial charge in [-0.05, 0) is 61.7 Å². The number of alkyl halides is 4. The number of carbonyl (C=O) groups excluding carboxylic acids is 1. The van der Waals surface area contributed by atoms with E-state index in [0.717, 1.165) is 12.3 Å². The topological polar surface area (TPSA) is 88.1 Å². The van der Waals surface area contributed by atoms with Crippen molar-refractivity contribution in [3.05, 3.63) is 72.2 Å². The Morgan fingerprint density at radius 3 is 2.49 bits per heavy atom. The van der Waals surface area contributed by atoms with Crippen molar-refractivity contribution < 1.29 is 31.0 Å². The molecule has 1 saturated heterocycles. The van der Waals surface area contributed by atoms with Crippen LogP contribution in [-0.4, -0.2) is 48.1 Å². The molecule has 4 rings (SSSR count). The molecule has 13 heteroatoms. The predicted octanol–water partition coefficient (Wildman–Crippen LogP) is 4.23. The highest BCUT2D eigenvalue weighted by Crippen LogP contribution is 2.31. The molecule has 3 atom stereocenters. The highest BCUT2D eigenvalue weighted by Gasteiger charge is 2.41. The van der Waals surface area contributed by atoms with Crippen molar-refractivity contribution in [3.63, 3.8) is 0 Å². The van der Waals surface area contributed by atoms with Gasteiger partial charge in [-0.2, -0.15) is 13.2 Å². The van der Waals surface area contributed by atoms with Gasteiger partial charge in [-0.15, -0.1) is 0 Å². The van der Waals surface area contributed by atoms with E-state index >= 15 is 0 Å². The average molecular weight is 540 g/mol. The third-order valence-corrected chi connectivity index (χ3v) is 7.52. The molecular formula is C24H22F5N5O2S. The van der Waals surface area contributed by atoms with Gasteiger partial charge >= 0.3 is 6.18 Å². The van der Waals surface area contributed by atoms with Gasteiger partial charge in [-0.1, -0.05) is 0 Å². The van der Waals surface area contributed by atoms with Crippen molar-refractivity contribution in [2.45, 2.75) is 49.0 Å². The van der Waals surface area contributed by atoms with Gasteiger partial charge in [0.2, 0.25) is 5.91 Å². The van der Waals surface area contributed by atoms with Gasteiger partial charge in [0.25, 0.3) is 0 Å². The van der Waals surface area contributed by atoms with Crippen LogP contribution in [-0.2, 0) is 28.5 Å². The number of rotatable bonds is 8. The number of pyridine rings is 1. The normalized spacial score (nSPS) is 19.1. The summed E-state index contributed by atoms with van der Waals surface area (Å²) in [7, 11) is -1.81. The lowest BCUT2D eigenvalue weighted by Crippen LogP contribution is -2.46. The van der Waals surface area contributed by atoms with E-state index in [2.05, 4.69) is 20.3 Å². The SMILES string of the molecule is O=C(NCc1cc(-c2ccc(C(F)(F)F)nc2)ncn1)C1CC[C@@H](CCF)N1S(=O)c1ccc(F)cc1. The highest BCUT2D eigenvalue weighted by atomic mass is 32.2. The number of halogens is 5. The van der Waals surface area contributed by atoms with Crippen LogP contribution in [0.2, 0.25) is 0 Å². The first-order chi connectivity index (χ1) is 17.7. The van der Waals surface area contributed by atoms with E-state index in [4.69, 9.17) is 0 Å². The Bertz CT molecular complexity index is 1260. The molecule has 7 nitrogen and oxygen atoms in total. The van der Waals surface area contributed by atoms with Crippen LogP contribution in [0.1, 0.15) is 30.7 Å². The second-order valence-electron chi connectivity index (χ2n) is 8.33. The second kappa shape index (κ2) is 11.4. The smallest absolute Gasteiger partial charge is 0.349 e. The second-order valence-corrected chi connectivity index (χ2v) is 9.72. The van der Waals surface area contributed by atoms with Gasteiger partial charge < -0.3 is 5.32 Å². The van der Waals surface area contributed by atoms with Gasteiger partial charge in [-0.25, -0.2) is 22.9 Å². The molecule has 3 heterocycles. The minimum absolute atomic E-state index is 0.0241. The Hall–Kier alpha value is -3.32. The molecule has 0 aliphatic carbocycles. The third-order valence-electron chi connectivity index (χ3n) is 5.91. The molecule has 1 amide bonds. The first-order valence-electron chi connectivity index (χ1n) is 11.3. The fourth-order valence-electron chi connectivity index (χ4n) is 4.09. The Kier molecular flexibility index (Phi) is 8.22. The summed E-state index contributed by atoms with van der Waals surface area (Å²) in [4.78, 5) is 24.9. The van der Waals surface area contributed by atoms with E-state index < -0.39 is 53.3 Å². The molecule has 1 aromatic carbocycles. The first kappa shape index (κ1) is 26.7. The lowest BCUT2D eigenvalue weighted by Gasteiger charge is -2.27. The summed E-state index contributed by atoms with van der Waals surface area (Å²) >= 11 is 0. The number of hydrogen-bond donors (Lipinski definition) is 1. The van der Waals surface area contributed by atoms with Crippen LogP contribution in [0.15, 0.2) is 59.9 Å². The Morgan fingerprint density at radius 2 is 1.84 bits per heavy atom. The van der Waals surface area contributed by atoms with Crippen LogP contribution in [0.3, 0.4) is 0 Å². The molecule has 0 spiro atoms. The Labute approximate surface area is 211 Å². The van der Waals surface area contributed by atoms with E-state index in [1.54, 1.807) is 0 Å². The minimum Gasteiger partial charge on any atom is -0.349 e. The van der Waals surface area contributed by atoms with Crippen molar-refractivity contribution in [2.75, 3.05) is 6.67 Å². The number of nitrogens with zero attached hydrogens (tertiary/aromatic N) is 4. The van der Waals surface area contributed by atoms with Crippen LogP contribution in [0, 0.1) is 5.82 Å². The fourth-order valence-corrected chi connectivity index (χ4v) is 5.61. The molecule has 1 N–H and O–H groups in total. The van der Waals surface area contributed by atoms with Crippen LogP contribution in [0.5, 0.6) is 0 Å². The summed E-state index contributed by atoms with van der Waals surface area (Å²) in [6, 6.07) is 7.44. The predicted molar refractivity (Wildman–Crippen MR) is 124 cm³/mol. The molecule has 2 aromatic heterocycles. The number of carbonyl (C=O) groups is 1. The number of hydrogen-bond acceptors (Lipinski definition) is 5. The highest BCUT2D eigenvalue weighted by molar-refractivity contribution is 7.82. The van der Waals surface area contributed by atoms with Crippen LogP contribution in [0.25, 0.3) is 11.3 Å². The van der Waals surface area contributed by atoms with Crippen molar-refractivity contribution in [2.24, 2.45) is 0 Å². The molecule has 1 fully saturated rings. The molecule has 1 aliphatic rings. The number of amides is 1. The largest absolute Gasteiger partial charge is 0.433 e. The number of benzene rings is 1. The lowest BCUT2D eigenvalue weighted by atomic mass is 10.1. The van der Waals surface area contributed by atoms with Crippen molar-refractivity contribution in [1.29, 1.82) is 0 Å². The third kappa shape index (κ3) is 6.34. The zero-order valence-corrected chi connectivity index (χ0v) is 20.1. The molecule has 1 aliphatic heterocycles. The zero-order chi connectivity index (χ0) is 26.6. The van der Waals surface area contributed by atoms with E-state index in [0.29, 0.717) is 34.7 Å². The summed E-state index contributed by atoms with van der Waals surface area (Å²) in [6.07, 6.45) is -1.36. The van der Waals surface area contributed by atoms with E-state index in [-0.39, 0.29) is 13.0 Å². The quantitative estimate of drug-likeness (QED) is 0.433. The molecule has 0 radical (unpaired) electrons. The van der Waals surface area contributed by atoms with Crippen molar-refractivity contribution in [3.8, 4) is 11.3 Å². The van der Waals surface area contributed by atoms with Gasteiger partial charge in [0.05, 0.1) is 29.5 Å². The molecule has 0 bridgehead atoms. The number of nitrogens with one attached hydrogen (secondary N) is 1. The maximum absolute atomic E-state index is 13.3. The van der Waals surface area contributed by atoms with Crippen LogP contribution in [0.4, 0.5) is 22.0 Å². The van der Waals surface area contributed by atoms with E-state index in [9.17, 15) is 31.0 Å². The van der Waals surface area contributed by atoms with Gasteiger partial charge in [-0.3, -0.25) is 14.2 Å². The van der Waals surface area contributed by atoms with E-state index in [1.807, 2.05) is 0 Å².